The number of nitrogens with zero attached hydrogens (tertiary/aromatic N) is 5. The van der Waals surface area contributed by atoms with Crippen molar-refractivity contribution < 1.29 is 9.26 Å². The van der Waals surface area contributed by atoms with Gasteiger partial charge >= 0.3 is 0 Å². The summed E-state index contributed by atoms with van der Waals surface area (Å²) in [5.74, 6) is 3.80. The Kier molecular flexibility index (Phi) is 5.82. The van der Waals surface area contributed by atoms with Crippen LogP contribution in [0.3, 0.4) is 0 Å². The summed E-state index contributed by atoms with van der Waals surface area (Å²) in [4.78, 5) is 2.35. The van der Waals surface area contributed by atoms with Gasteiger partial charge in [0.05, 0.1) is 24.5 Å². The number of fused-ring (bicyclic) bond motifs is 3. The number of hydrogen-bond donors (Lipinski definition) is 0. The SMILES string of the molecule is COCCN1Cc2cc(Cl)ccc2-n2c(nnc2C2CCC(c3cc(C)on3)CC2)C1. The molecule has 164 valence electrons. The van der Waals surface area contributed by atoms with Gasteiger partial charge in [-0.05, 0) is 56.4 Å². The van der Waals surface area contributed by atoms with E-state index in [-0.39, 0.29) is 0 Å². The fourth-order valence-electron chi connectivity index (χ4n) is 4.96. The van der Waals surface area contributed by atoms with Crippen LogP contribution in [0.2, 0.25) is 5.02 Å². The Balaban J connectivity index is 1.43. The van der Waals surface area contributed by atoms with E-state index in [1.165, 1.54) is 5.56 Å². The van der Waals surface area contributed by atoms with Gasteiger partial charge in [0.1, 0.15) is 11.6 Å². The number of methoxy groups -OCH3 is 1. The fraction of sp³-hybridized carbons (Fsp3) is 0.522. The van der Waals surface area contributed by atoms with Crippen molar-refractivity contribution in [1.29, 1.82) is 0 Å². The molecule has 2 aromatic heterocycles. The van der Waals surface area contributed by atoms with Crippen LogP contribution in [0.5, 0.6) is 0 Å². The number of aromatic nitrogens is 4. The van der Waals surface area contributed by atoms with Gasteiger partial charge in [-0.25, -0.2) is 0 Å². The molecule has 1 aliphatic carbocycles. The quantitative estimate of drug-likeness (QED) is 0.575. The smallest absolute Gasteiger partial charge is 0.151 e. The van der Waals surface area contributed by atoms with Crippen molar-refractivity contribution in [2.45, 2.75) is 57.5 Å². The highest BCUT2D eigenvalue weighted by Gasteiger charge is 2.31. The first-order chi connectivity index (χ1) is 15.1. The summed E-state index contributed by atoms with van der Waals surface area (Å²) in [5.41, 5.74) is 3.44. The van der Waals surface area contributed by atoms with Gasteiger partial charge in [-0.15, -0.1) is 10.2 Å². The lowest BCUT2D eigenvalue weighted by Crippen LogP contribution is -2.26. The van der Waals surface area contributed by atoms with E-state index in [0.29, 0.717) is 18.4 Å². The molecular weight excluding hydrogens is 414 g/mol. The zero-order chi connectivity index (χ0) is 21.4. The van der Waals surface area contributed by atoms with E-state index >= 15 is 0 Å². The van der Waals surface area contributed by atoms with Crippen molar-refractivity contribution in [2.24, 2.45) is 0 Å². The summed E-state index contributed by atoms with van der Waals surface area (Å²) in [6.07, 6.45) is 4.33. The van der Waals surface area contributed by atoms with Crippen molar-refractivity contribution in [3.05, 3.63) is 58.0 Å². The topological polar surface area (TPSA) is 69.2 Å². The lowest BCUT2D eigenvalue weighted by Gasteiger charge is -2.27. The first kappa shape index (κ1) is 20.7. The summed E-state index contributed by atoms with van der Waals surface area (Å²) >= 11 is 6.35. The lowest BCUT2D eigenvalue weighted by molar-refractivity contribution is 0.139. The van der Waals surface area contributed by atoms with Crippen LogP contribution in [0.25, 0.3) is 5.69 Å². The summed E-state index contributed by atoms with van der Waals surface area (Å²) < 4.78 is 12.9. The van der Waals surface area contributed by atoms with Crippen LogP contribution in [-0.2, 0) is 17.8 Å². The van der Waals surface area contributed by atoms with Gasteiger partial charge in [0, 0.05) is 43.1 Å². The zero-order valence-electron chi connectivity index (χ0n) is 18.1. The molecule has 0 saturated heterocycles. The Morgan fingerprint density at radius 3 is 2.65 bits per heavy atom. The van der Waals surface area contributed by atoms with E-state index in [0.717, 1.165) is 79.1 Å². The van der Waals surface area contributed by atoms with Crippen molar-refractivity contribution in [3.63, 3.8) is 0 Å². The molecule has 0 bridgehead atoms. The summed E-state index contributed by atoms with van der Waals surface area (Å²) in [5, 5.41) is 14.3. The Labute approximate surface area is 187 Å². The average Bonchev–Trinajstić information content (AvgIpc) is 3.35. The van der Waals surface area contributed by atoms with E-state index in [1.54, 1.807) is 7.11 Å². The second kappa shape index (κ2) is 8.73. The molecular formula is C23H28ClN5O2. The third-order valence-electron chi connectivity index (χ3n) is 6.56. The van der Waals surface area contributed by atoms with Gasteiger partial charge in [0.2, 0.25) is 0 Å². The molecule has 3 aromatic rings. The first-order valence-electron chi connectivity index (χ1n) is 11.0. The molecule has 31 heavy (non-hydrogen) atoms. The molecule has 0 N–H and O–H groups in total. The molecule has 3 heterocycles. The van der Waals surface area contributed by atoms with Gasteiger partial charge in [0.25, 0.3) is 0 Å². The Morgan fingerprint density at radius 1 is 1.10 bits per heavy atom. The molecule has 1 saturated carbocycles. The van der Waals surface area contributed by atoms with E-state index in [1.807, 2.05) is 13.0 Å². The number of halogens is 1. The van der Waals surface area contributed by atoms with Crippen LogP contribution in [0.15, 0.2) is 28.8 Å². The minimum Gasteiger partial charge on any atom is -0.383 e. The molecule has 7 nitrogen and oxygen atoms in total. The minimum absolute atomic E-state index is 0.388. The molecule has 1 aliphatic heterocycles. The molecule has 0 unspecified atom stereocenters. The lowest BCUT2D eigenvalue weighted by atomic mass is 9.80. The van der Waals surface area contributed by atoms with Crippen LogP contribution >= 0.6 is 11.6 Å². The summed E-state index contributed by atoms with van der Waals surface area (Å²) in [6, 6.07) is 8.21. The number of benzene rings is 1. The number of hydrogen-bond acceptors (Lipinski definition) is 6. The highest BCUT2D eigenvalue weighted by Crippen LogP contribution is 2.41. The van der Waals surface area contributed by atoms with E-state index in [4.69, 9.17) is 20.9 Å². The third-order valence-corrected chi connectivity index (χ3v) is 6.80. The maximum Gasteiger partial charge on any atom is 0.151 e. The van der Waals surface area contributed by atoms with E-state index in [2.05, 4.69) is 43.0 Å². The highest BCUT2D eigenvalue weighted by molar-refractivity contribution is 6.30. The van der Waals surface area contributed by atoms with Crippen LogP contribution < -0.4 is 0 Å². The Morgan fingerprint density at radius 2 is 1.90 bits per heavy atom. The molecule has 2 aliphatic rings. The second-order valence-electron chi connectivity index (χ2n) is 8.70. The predicted octanol–water partition coefficient (Wildman–Crippen LogP) is 4.62. The summed E-state index contributed by atoms with van der Waals surface area (Å²) in [6.45, 7) is 5.04. The van der Waals surface area contributed by atoms with Gasteiger partial charge in [-0.1, -0.05) is 16.8 Å². The molecule has 1 fully saturated rings. The van der Waals surface area contributed by atoms with Crippen molar-refractivity contribution in [1.82, 2.24) is 24.8 Å². The van der Waals surface area contributed by atoms with Crippen molar-refractivity contribution >= 4 is 11.6 Å². The first-order valence-corrected chi connectivity index (χ1v) is 11.4. The predicted molar refractivity (Wildman–Crippen MR) is 118 cm³/mol. The monoisotopic (exact) mass is 441 g/mol. The Bertz CT molecular complexity index is 1050. The largest absolute Gasteiger partial charge is 0.383 e. The van der Waals surface area contributed by atoms with Crippen molar-refractivity contribution in [2.75, 3.05) is 20.3 Å². The van der Waals surface area contributed by atoms with Gasteiger partial charge < -0.3 is 9.26 Å². The molecule has 1 aromatic carbocycles. The summed E-state index contributed by atoms with van der Waals surface area (Å²) in [7, 11) is 1.74. The molecule has 0 amide bonds. The Hall–Kier alpha value is -2.22. The zero-order valence-corrected chi connectivity index (χ0v) is 18.8. The fourth-order valence-corrected chi connectivity index (χ4v) is 5.15. The normalized spacial score (nSPS) is 21.5. The average molecular weight is 442 g/mol. The van der Waals surface area contributed by atoms with Gasteiger partial charge in [0.15, 0.2) is 5.82 Å². The molecule has 0 spiro atoms. The maximum atomic E-state index is 6.35. The molecule has 5 rings (SSSR count). The van der Waals surface area contributed by atoms with Gasteiger partial charge in [-0.2, -0.15) is 0 Å². The molecule has 8 heteroatoms. The number of aryl methyl sites for hydroxylation is 1. The molecule has 0 atom stereocenters. The van der Waals surface area contributed by atoms with Crippen LogP contribution in [0, 0.1) is 6.92 Å². The standard InChI is InChI=1S/C23H28ClN5O2/c1-15-11-20(27-31-15)16-3-5-17(6-4-16)23-26-25-22-14-28(9-10-30-2)13-18-12-19(24)7-8-21(18)29(22)23/h7-8,11-12,16-17H,3-6,9-10,13-14H2,1-2H3. The second-order valence-corrected chi connectivity index (χ2v) is 9.13. The van der Waals surface area contributed by atoms with E-state index in [9.17, 15) is 0 Å². The minimum atomic E-state index is 0.388. The number of ether oxygens (including phenoxy) is 1. The maximum absolute atomic E-state index is 6.35. The number of rotatable bonds is 5. The van der Waals surface area contributed by atoms with Crippen molar-refractivity contribution in [3.8, 4) is 5.69 Å². The third kappa shape index (κ3) is 4.14. The highest BCUT2D eigenvalue weighted by atomic mass is 35.5. The van der Waals surface area contributed by atoms with E-state index < -0.39 is 0 Å². The van der Waals surface area contributed by atoms with Crippen LogP contribution in [-0.4, -0.2) is 45.1 Å². The van der Waals surface area contributed by atoms with Crippen LogP contribution in [0.4, 0.5) is 0 Å². The molecule has 0 radical (unpaired) electrons. The van der Waals surface area contributed by atoms with Gasteiger partial charge in [-0.3, -0.25) is 9.47 Å². The van der Waals surface area contributed by atoms with Crippen LogP contribution in [0.1, 0.15) is 66.2 Å².